The molecule has 0 aliphatic heterocycles. The number of nitrogens with one attached hydrogen (secondary N) is 2. The predicted molar refractivity (Wildman–Crippen MR) is 84.2 cm³/mol. The third kappa shape index (κ3) is 5.22. The molecule has 0 saturated carbocycles. The summed E-state index contributed by atoms with van der Waals surface area (Å²) in [6.45, 7) is 1.20. The van der Waals surface area contributed by atoms with E-state index in [9.17, 15) is 13.2 Å². The lowest BCUT2D eigenvalue weighted by atomic mass is 10.2. The molecule has 0 saturated heterocycles. The molecule has 0 spiro atoms. The van der Waals surface area contributed by atoms with Gasteiger partial charge in [0, 0.05) is 24.5 Å². The highest BCUT2D eigenvalue weighted by Crippen LogP contribution is 2.30. The van der Waals surface area contributed by atoms with Crippen molar-refractivity contribution in [1.29, 1.82) is 5.26 Å². The van der Waals surface area contributed by atoms with Crippen LogP contribution >= 0.6 is 0 Å². The highest BCUT2D eigenvalue weighted by atomic mass is 19.4. The molecule has 0 heterocycles. The van der Waals surface area contributed by atoms with E-state index in [0.717, 1.165) is 24.2 Å². The number of hydrogen-bond donors (Lipinski definition) is 2. The molecule has 0 amide bonds. The Morgan fingerprint density at radius 3 is 2.13 bits per heavy atom. The molecule has 0 bridgehead atoms. The fraction of sp³-hybridized carbons (Fsp3) is 0.235. The summed E-state index contributed by atoms with van der Waals surface area (Å²) in [6.07, 6.45) is -3.60. The predicted octanol–water partition coefficient (Wildman–Crippen LogP) is 4.49. The van der Waals surface area contributed by atoms with Crippen LogP contribution in [0.4, 0.5) is 24.5 Å². The Bertz CT molecular complexity index is 690. The fourth-order valence-corrected chi connectivity index (χ4v) is 2.06. The van der Waals surface area contributed by atoms with Crippen molar-refractivity contribution < 1.29 is 13.2 Å². The topological polar surface area (TPSA) is 47.9 Å². The second kappa shape index (κ2) is 7.54. The Morgan fingerprint density at radius 1 is 0.913 bits per heavy atom. The zero-order valence-electron chi connectivity index (χ0n) is 12.3. The molecule has 0 unspecified atom stereocenters. The zero-order chi connectivity index (χ0) is 16.7. The van der Waals surface area contributed by atoms with Crippen LogP contribution in [0, 0.1) is 11.3 Å². The van der Waals surface area contributed by atoms with E-state index in [4.69, 9.17) is 5.26 Å². The Balaban J connectivity index is 1.76. The molecule has 0 aromatic heterocycles. The number of rotatable bonds is 6. The van der Waals surface area contributed by atoms with Gasteiger partial charge in [-0.3, -0.25) is 0 Å². The van der Waals surface area contributed by atoms with Gasteiger partial charge in [0.15, 0.2) is 0 Å². The molecule has 6 heteroatoms. The van der Waals surface area contributed by atoms with Crippen LogP contribution in [-0.2, 0) is 6.18 Å². The van der Waals surface area contributed by atoms with Crippen LogP contribution in [0.5, 0.6) is 0 Å². The molecule has 0 aliphatic carbocycles. The molecule has 2 rings (SSSR count). The zero-order valence-corrected chi connectivity index (χ0v) is 12.3. The summed E-state index contributed by atoms with van der Waals surface area (Å²) in [5.41, 5.74) is 1.22. The van der Waals surface area contributed by atoms with Gasteiger partial charge in [-0.15, -0.1) is 0 Å². The van der Waals surface area contributed by atoms with Gasteiger partial charge in [0.25, 0.3) is 0 Å². The van der Waals surface area contributed by atoms with Crippen LogP contribution in [0.3, 0.4) is 0 Å². The van der Waals surface area contributed by atoms with Crippen molar-refractivity contribution >= 4 is 11.4 Å². The Morgan fingerprint density at radius 2 is 1.52 bits per heavy atom. The summed E-state index contributed by atoms with van der Waals surface area (Å²) in [5.74, 6) is 0. The summed E-state index contributed by atoms with van der Waals surface area (Å²) in [6, 6.07) is 14.3. The van der Waals surface area contributed by atoms with E-state index < -0.39 is 11.7 Å². The van der Waals surface area contributed by atoms with Crippen LogP contribution in [0.25, 0.3) is 0 Å². The third-order valence-corrected chi connectivity index (χ3v) is 3.19. The lowest BCUT2D eigenvalue weighted by Crippen LogP contribution is -2.10. The number of anilines is 2. The molecule has 23 heavy (non-hydrogen) atoms. The van der Waals surface area contributed by atoms with Crippen molar-refractivity contribution in [2.24, 2.45) is 0 Å². The average molecular weight is 319 g/mol. The van der Waals surface area contributed by atoms with E-state index in [2.05, 4.69) is 16.7 Å². The normalized spacial score (nSPS) is 10.9. The van der Waals surface area contributed by atoms with E-state index >= 15 is 0 Å². The van der Waals surface area contributed by atoms with Gasteiger partial charge in [-0.2, -0.15) is 18.4 Å². The highest BCUT2D eigenvalue weighted by molar-refractivity contribution is 5.49. The SMILES string of the molecule is N#Cc1cccc(NCCCNc2cccc(C(F)(F)F)c2)c1. The molecule has 2 aromatic carbocycles. The van der Waals surface area contributed by atoms with Gasteiger partial charge >= 0.3 is 6.18 Å². The number of nitrogens with zero attached hydrogens (tertiary/aromatic N) is 1. The minimum Gasteiger partial charge on any atom is -0.385 e. The van der Waals surface area contributed by atoms with Gasteiger partial charge in [0.1, 0.15) is 0 Å². The monoisotopic (exact) mass is 319 g/mol. The molecule has 2 aromatic rings. The molecule has 0 aliphatic rings. The van der Waals surface area contributed by atoms with Crippen molar-refractivity contribution in [3.05, 3.63) is 59.7 Å². The van der Waals surface area contributed by atoms with Gasteiger partial charge in [0.05, 0.1) is 17.2 Å². The smallest absolute Gasteiger partial charge is 0.385 e. The van der Waals surface area contributed by atoms with Crippen molar-refractivity contribution in [2.45, 2.75) is 12.6 Å². The number of alkyl halides is 3. The van der Waals surface area contributed by atoms with Crippen molar-refractivity contribution in [2.75, 3.05) is 23.7 Å². The summed E-state index contributed by atoms with van der Waals surface area (Å²) in [5, 5.41) is 15.0. The van der Waals surface area contributed by atoms with Crippen LogP contribution < -0.4 is 10.6 Å². The van der Waals surface area contributed by atoms with Gasteiger partial charge < -0.3 is 10.6 Å². The Kier molecular flexibility index (Phi) is 5.47. The number of hydrogen-bond acceptors (Lipinski definition) is 3. The quantitative estimate of drug-likeness (QED) is 0.771. The molecule has 0 radical (unpaired) electrons. The molecule has 3 nitrogen and oxygen atoms in total. The maximum Gasteiger partial charge on any atom is 0.416 e. The van der Waals surface area contributed by atoms with Crippen LogP contribution in [0.2, 0.25) is 0 Å². The first-order valence-corrected chi connectivity index (χ1v) is 7.14. The molecule has 2 N–H and O–H groups in total. The van der Waals surface area contributed by atoms with E-state index in [1.807, 2.05) is 6.07 Å². The van der Waals surface area contributed by atoms with E-state index in [1.165, 1.54) is 6.07 Å². The van der Waals surface area contributed by atoms with E-state index in [1.54, 1.807) is 24.3 Å². The lowest BCUT2D eigenvalue weighted by molar-refractivity contribution is -0.137. The van der Waals surface area contributed by atoms with Crippen molar-refractivity contribution in [3.63, 3.8) is 0 Å². The van der Waals surface area contributed by atoms with Gasteiger partial charge in [0.2, 0.25) is 0 Å². The molecular weight excluding hydrogens is 303 g/mol. The minimum absolute atomic E-state index is 0.450. The van der Waals surface area contributed by atoms with Gasteiger partial charge in [-0.05, 0) is 42.8 Å². The van der Waals surface area contributed by atoms with Crippen LogP contribution in [-0.4, -0.2) is 13.1 Å². The maximum atomic E-state index is 12.6. The van der Waals surface area contributed by atoms with Gasteiger partial charge in [-0.25, -0.2) is 0 Å². The first-order valence-electron chi connectivity index (χ1n) is 7.14. The Labute approximate surface area is 132 Å². The van der Waals surface area contributed by atoms with Crippen LogP contribution in [0.15, 0.2) is 48.5 Å². The molecule has 120 valence electrons. The van der Waals surface area contributed by atoms with Crippen molar-refractivity contribution in [1.82, 2.24) is 0 Å². The number of benzene rings is 2. The first kappa shape index (κ1) is 16.7. The second-order valence-electron chi connectivity index (χ2n) is 4.98. The standard InChI is InChI=1S/C17H16F3N3/c18-17(19,20)14-5-2-7-16(11-14)23-9-3-8-22-15-6-1-4-13(10-15)12-21/h1-2,4-7,10-11,22-23H,3,8-9H2. The van der Waals surface area contributed by atoms with E-state index in [-0.39, 0.29) is 0 Å². The molecule has 0 fully saturated rings. The highest BCUT2D eigenvalue weighted by Gasteiger charge is 2.30. The van der Waals surface area contributed by atoms with Crippen LogP contribution in [0.1, 0.15) is 17.5 Å². The fourth-order valence-electron chi connectivity index (χ4n) is 2.06. The van der Waals surface area contributed by atoms with E-state index in [0.29, 0.717) is 24.3 Å². The lowest BCUT2D eigenvalue weighted by Gasteiger charge is -2.11. The largest absolute Gasteiger partial charge is 0.416 e. The third-order valence-electron chi connectivity index (χ3n) is 3.19. The molecule has 0 atom stereocenters. The molecular formula is C17H16F3N3. The second-order valence-corrected chi connectivity index (χ2v) is 4.98. The number of nitriles is 1. The minimum atomic E-state index is -4.33. The summed E-state index contributed by atoms with van der Waals surface area (Å²) in [7, 11) is 0. The average Bonchev–Trinajstić information content (AvgIpc) is 2.54. The summed E-state index contributed by atoms with van der Waals surface area (Å²) >= 11 is 0. The first-order chi connectivity index (χ1) is 11.0. The maximum absolute atomic E-state index is 12.6. The number of halogens is 3. The van der Waals surface area contributed by atoms with Gasteiger partial charge in [-0.1, -0.05) is 12.1 Å². The summed E-state index contributed by atoms with van der Waals surface area (Å²) in [4.78, 5) is 0. The summed E-state index contributed by atoms with van der Waals surface area (Å²) < 4.78 is 37.8. The van der Waals surface area contributed by atoms with Crippen molar-refractivity contribution in [3.8, 4) is 6.07 Å². The Hall–Kier alpha value is -2.68.